The summed E-state index contributed by atoms with van der Waals surface area (Å²) in [6.45, 7) is 0. The van der Waals surface area contributed by atoms with E-state index in [1.165, 1.54) is 22.9 Å². The maximum absolute atomic E-state index is 12.9. The van der Waals surface area contributed by atoms with E-state index in [4.69, 9.17) is 9.47 Å². The third-order valence-corrected chi connectivity index (χ3v) is 6.97. The minimum Gasteiger partial charge on any atom is -0.497 e. The molecule has 1 aliphatic carbocycles. The zero-order valence-electron chi connectivity index (χ0n) is 19.5. The molecule has 0 fully saturated rings. The number of hydrogen-bond acceptors (Lipinski definition) is 7. The second-order valence-electron chi connectivity index (χ2n) is 8.07. The van der Waals surface area contributed by atoms with E-state index >= 15 is 0 Å². The lowest BCUT2D eigenvalue weighted by molar-refractivity contribution is -0.113. The molecule has 5 rings (SSSR count). The van der Waals surface area contributed by atoms with Crippen molar-refractivity contribution in [2.75, 3.05) is 25.3 Å². The van der Waals surface area contributed by atoms with E-state index in [1.807, 2.05) is 12.1 Å². The van der Waals surface area contributed by atoms with Gasteiger partial charge in [-0.1, -0.05) is 36.0 Å². The number of rotatable bonds is 8. The van der Waals surface area contributed by atoms with Gasteiger partial charge in [0.25, 0.3) is 0 Å². The number of nitrogens with zero attached hydrogens (tertiary/aromatic N) is 4. The number of thioether (sulfide) groups is 1. The van der Waals surface area contributed by atoms with Crippen molar-refractivity contribution in [3.8, 4) is 22.9 Å². The number of hydrogen-bond donors (Lipinski definition) is 1. The first-order valence-corrected chi connectivity index (χ1v) is 12.2. The average molecular weight is 488 g/mol. The lowest BCUT2D eigenvalue weighted by Gasteiger charge is -2.18. The average Bonchev–Trinajstić information content (AvgIpc) is 3.51. The fourth-order valence-corrected chi connectivity index (χ4v) is 5.17. The molecule has 4 aromatic rings. The van der Waals surface area contributed by atoms with E-state index in [0.717, 1.165) is 24.2 Å². The summed E-state index contributed by atoms with van der Waals surface area (Å²) in [5.74, 6) is 1.97. The number of aromatic nitrogens is 4. The van der Waals surface area contributed by atoms with Crippen LogP contribution in [0.5, 0.6) is 11.5 Å². The molecule has 2 aromatic carbocycles. The largest absolute Gasteiger partial charge is 0.497 e. The zero-order chi connectivity index (χ0) is 24.2. The molecule has 35 heavy (non-hydrogen) atoms. The highest BCUT2D eigenvalue weighted by atomic mass is 32.2. The summed E-state index contributed by atoms with van der Waals surface area (Å²) < 4.78 is 12.8. The summed E-state index contributed by atoms with van der Waals surface area (Å²) in [4.78, 5) is 17.0. The van der Waals surface area contributed by atoms with E-state index in [0.29, 0.717) is 22.3 Å². The number of fused-ring (bicyclic) bond motifs is 1. The molecule has 1 unspecified atom stereocenters. The molecule has 1 N–H and O–H groups in total. The zero-order valence-corrected chi connectivity index (χ0v) is 20.3. The van der Waals surface area contributed by atoms with Gasteiger partial charge < -0.3 is 14.8 Å². The number of benzene rings is 2. The number of carbonyl (C=O) groups is 1. The first-order chi connectivity index (χ1) is 17.2. The summed E-state index contributed by atoms with van der Waals surface area (Å²) in [6.07, 6.45) is 5.45. The predicted molar refractivity (Wildman–Crippen MR) is 135 cm³/mol. The van der Waals surface area contributed by atoms with Gasteiger partial charge in [0, 0.05) is 24.0 Å². The van der Waals surface area contributed by atoms with Gasteiger partial charge in [0.1, 0.15) is 11.5 Å². The molecule has 1 aliphatic rings. The van der Waals surface area contributed by atoms with Gasteiger partial charge in [0.15, 0.2) is 11.0 Å². The van der Waals surface area contributed by atoms with E-state index in [2.05, 4.69) is 49.3 Å². The fraction of sp³-hybridized carbons (Fsp3) is 0.231. The van der Waals surface area contributed by atoms with E-state index in [-0.39, 0.29) is 17.7 Å². The van der Waals surface area contributed by atoms with Crippen LogP contribution in [0.2, 0.25) is 0 Å². The van der Waals surface area contributed by atoms with Crippen molar-refractivity contribution in [2.45, 2.75) is 24.0 Å². The summed E-state index contributed by atoms with van der Waals surface area (Å²) in [7, 11) is 3.15. The van der Waals surface area contributed by atoms with Gasteiger partial charge in [-0.15, -0.1) is 10.2 Å². The molecule has 0 saturated heterocycles. The van der Waals surface area contributed by atoms with Crippen molar-refractivity contribution < 1.29 is 14.3 Å². The van der Waals surface area contributed by atoms with Crippen LogP contribution in [-0.2, 0) is 11.2 Å². The molecule has 2 aromatic heterocycles. The number of methoxy groups -OCH3 is 2. The molecule has 0 spiro atoms. The molecule has 9 heteroatoms. The maximum atomic E-state index is 12.9. The van der Waals surface area contributed by atoms with Gasteiger partial charge in [0.2, 0.25) is 5.91 Å². The Hall–Kier alpha value is -3.85. The fourth-order valence-electron chi connectivity index (χ4n) is 4.39. The Labute approximate surface area is 207 Å². The molecule has 2 heterocycles. The van der Waals surface area contributed by atoms with Crippen molar-refractivity contribution in [1.82, 2.24) is 19.7 Å². The standard InChI is InChI=1S/C26H25N5O3S/c1-33-19-8-10-23(34-2)21(15-19)28-24(32)16-35-26-30-29-25(18-11-13-27-14-12-18)31(26)22-9-7-17-5-3-4-6-20(17)22/h3-6,8,10-15,22H,7,9,16H2,1-2H3,(H,28,32). The Morgan fingerprint density at radius 2 is 1.91 bits per heavy atom. The molecule has 0 bridgehead atoms. The van der Waals surface area contributed by atoms with Crippen molar-refractivity contribution in [1.29, 1.82) is 0 Å². The Bertz CT molecular complexity index is 1340. The summed E-state index contributed by atoms with van der Waals surface area (Å²) in [6, 6.07) is 17.7. The molecule has 0 radical (unpaired) electrons. The van der Waals surface area contributed by atoms with Crippen LogP contribution < -0.4 is 14.8 Å². The Morgan fingerprint density at radius 1 is 1.09 bits per heavy atom. The van der Waals surface area contributed by atoms with Crippen molar-refractivity contribution >= 4 is 23.4 Å². The lowest BCUT2D eigenvalue weighted by atomic mass is 10.1. The molecule has 0 aliphatic heterocycles. The SMILES string of the molecule is COc1ccc(OC)c(NC(=O)CSc2nnc(-c3ccncc3)n2C2CCc3ccccc32)c1. The minimum absolute atomic E-state index is 0.105. The van der Waals surface area contributed by atoms with E-state index in [9.17, 15) is 4.79 Å². The van der Waals surface area contributed by atoms with E-state index < -0.39 is 0 Å². The second kappa shape index (κ2) is 10.2. The van der Waals surface area contributed by atoms with Crippen molar-refractivity contribution in [3.63, 3.8) is 0 Å². The number of anilines is 1. The van der Waals surface area contributed by atoms with Gasteiger partial charge in [-0.05, 0) is 48.2 Å². The molecular weight excluding hydrogens is 462 g/mol. The van der Waals surface area contributed by atoms with Gasteiger partial charge in [0.05, 0.1) is 31.7 Å². The van der Waals surface area contributed by atoms with Crippen LogP contribution >= 0.6 is 11.8 Å². The Balaban J connectivity index is 1.41. The third-order valence-electron chi connectivity index (χ3n) is 6.03. The number of aryl methyl sites for hydroxylation is 1. The van der Waals surface area contributed by atoms with Gasteiger partial charge >= 0.3 is 0 Å². The van der Waals surface area contributed by atoms with Crippen LogP contribution in [0.1, 0.15) is 23.6 Å². The van der Waals surface area contributed by atoms with Crippen LogP contribution in [0.25, 0.3) is 11.4 Å². The Kier molecular flexibility index (Phi) is 6.67. The number of amides is 1. The second-order valence-corrected chi connectivity index (χ2v) is 9.01. The first kappa shape index (κ1) is 22.9. The predicted octanol–water partition coefficient (Wildman–Crippen LogP) is 4.62. The molecule has 1 atom stereocenters. The number of nitrogens with one attached hydrogen (secondary N) is 1. The highest BCUT2D eigenvalue weighted by molar-refractivity contribution is 7.99. The van der Waals surface area contributed by atoms with Crippen LogP contribution in [0.15, 0.2) is 72.1 Å². The topological polar surface area (TPSA) is 91.2 Å². The molecule has 8 nitrogen and oxygen atoms in total. The van der Waals surface area contributed by atoms with Gasteiger partial charge in [-0.3, -0.25) is 14.3 Å². The maximum Gasteiger partial charge on any atom is 0.234 e. The highest BCUT2D eigenvalue weighted by Gasteiger charge is 2.29. The van der Waals surface area contributed by atoms with Gasteiger partial charge in [-0.2, -0.15) is 0 Å². The van der Waals surface area contributed by atoms with Crippen molar-refractivity contribution in [2.24, 2.45) is 0 Å². The van der Waals surface area contributed by atoms with E-state index in [1.54, 1.807) is 44.8 Å². The third kappa shape index (κ3) is 4.72. The highest BCUT2D eigenvalue weighted by Crippen LogP contribution is 2.39. The lowest BCUT2D eigenvalue weighted by Crippen LogP contribution is -2.16. The van der Waals surface area contributed by atoms with Gasteiger partial charge in [-0.25, -0.2) is 0 Å². The first-order valence-electron chi connectivity index (χ1n) is 11.3. The summed E-state index contributed by atoms with van der Waals surface area (Å²) in [5.41, 5.74) is 4.11. The summed E-state index contributed by atoms with van der Waals surface area (Å²) in [5, 5.41) is 12.6. The number of ether oxygens (including phenoxy) is 2. The molecule has 1 amide bonds. The Morgan fingerprint density at radius 3 is 2.71 bits per heavy atom. The van der Waals surface area contributed by atoms with Crippen LogP contribution in [0.3, 0.4) is 0 Å². The quantitative estimate of drug-likeness (QED) is 0.363. The van der Waals surface area contributed by atoms with Crippen LogP contribution in [-0.4, -0.2) is 45.6 Å². The van der Waals surface area contributed by atoms with Crippen LogP contribution in [0.4, 0.5) is 5.69 Å². The minimum atomic E-state index is -0.173. The molecule has 0 saturated carbocycles. The number of pyridine rings is 1. The smallest absolute Gasteiger partial charge is 0.234 e. The van der Waals surface area contributed by atoms with Crippen molar-refractivity contribution in [3.05, 3.63) is 78.1 Å². The summed E-state index contributed by atoms with van der Waals surface area (Å²) >= 11 is 1.36. The normalized spacial score (nSPS) is 14.4. The monoisotopic (exact) mass is 487 g/mol. The number of carbonyl (C=O) groups excluding carboxylic acids is 1. The molecular formula is C26H25N5O3S. The van der Waals surface area contributed by atoms with Crippen LogP contribution in [0, 0.1) is 0 Å². The molecule has 178 valence electrons.